The van der Waals surface area contributed by atoms with Crippen molar-refractivity contribution in [3.8, 4) is 0 Å². The quantitative estimate of drug-likeness (QED) is 0.752. The molecule has 1 fully saturated rings. The summed E-state index contributed by atoms with van der Waals surface area (Å²) in [6.07, 6.45) is 0.0692. The molecule has 0 bridgehead atoms. The van der Waals surface area contributed by atoms with Gasteiger partial charge in [0.2, 0.25) is 0 Å². The van der Waals surface area contributed by atoms with Gasteiger partial charge in [-0.05, 0) is 12.1 Å². The van der Waals surface area contributed by atoms with Crippen molar-refractivity contribution < 1.29 is 23.0 Å². The summed E-state index contributed by atoms with van der Waals surface area (Å²) < 4.78 is 37.3. The highest BCUT2D eigenvalue weighted by atomic mass is 19.2. The largest absolute Gasteiger partial charge is 0.377 e. The van der Waals surface area contributed by atoms with Gasteiger partial charge >= 0.3 is 0 Å². The van der Waals surface area contributed by atoms with E-state index >= 15 is 0 Å². The van der Waals surface area contributed by atoms with Gasteiger partial charge in [0.1, 0.15) is 0 Å². The van der Waals surface area contributed by atoms with E-state index < -0.39 is 17.4 Å². The summed E-state index contributed by atoms with van der Waals surface area (Å²) in [5.74, 6) is -2.48. The van der Waals surface area contributed by atoms with Crippen LogP contribution >= 0.6 is 0 Å². The third-order valence-corrected chi connectivity index (χ3v) is 3.80. The molecule has 2 unspecified atom stereocenters. The lowest BCUT2D eigenvalue weighted by atomic mass is 10.1. The van der Waals surface area contributed by atoms with Crippen LogP contribution in [0.25, 0.3) is 0 Å². The summed E-state index contributed by atoms with van der Waals surface area (Å²) in [4.78, 5) is 14.0. The van der Waals surface area contributed by atoms with Gasteiger partial charge in [-0.3, -0.25) is 9.69 Å². The minimum Gasteiger partial charge on any atom is -0.377 e. The normalized spacial score (nSPS) is 22.7. The minimum atomic E-state index is -1.08. The van der Waals surface area contributed by atoms with Crippen LogP contribution in [-0.4, -0.2) is 56.7 Å². The van der Waals surface area contributed by atoms with E-state index in [-0.39, 0.29) is 24.2 Å². The number of ether oxygens (including phenoxy) is 2. The van der Waals surface area contributed by atoms with E-state index in [1.807, 2.05) is 4.90 Å². The zero-order valence-corrected chi connectivity index (χ0v) is 12.1. The Kier molecular flexibility index (Phi) is 5.39. The summed E-state index contributed by atoms with van der Waals surface area (Å²) in [5.41, 5.74) is -0.194. The summed E-state index contributed by atoms with van der Waals surface area (Å²) in [7, 11) is 3.24. The highest BCUT2D eigenvalue weighted by Crippen LogP contribution is 2.18. The number of hydrogen-bond donors (Lipinski definition) is 0. The lowest BCUT2D eigenvalue weighted by Gasteiger charge is -2.14. The lowest BCUT2D eigenvalue weighted by Crippen LogP contribution is -2.27. The zero-order valence-electron chi connectivity index (χ0n) is 12.1. The van der Waals surface area contributed by atoms with Crippen LogP contribution in [0.15, 0.2) is 18.2 Å². The monoisotopic (exact) mass is 299 g/mol. The average molecular weight is 299 g/mol. The number of benzene rings is 1. The molecule has 0 radical (unpaired) electrons. The Morgan fingerprint density at radius 2 is 1.86 bits per heavy atom. The number of likely N-dealkylation sites (tertiary alicyclic amines) is 1. The van der Waals surface area contributed by atoms with Gasteiger partial charge in [0.05, 0.1) is 17.8 Å². The SMILES string of the molecule is COC1CN(CCC(=O)c2cccc(F)c2F)CC1OC. The molecule has 1 aromatic rings. The predicted octanol–water partition coefficient (Wildman–Crippen LogP) is 1.88. The van der Waals surface area contributed by atoms with Gasteiger partial charge in [-0.15, -0.1) is 0 Å². The number of rotatable bonds is 6. The van der Waals surface area contributed by atoms with Crippen LogP contribution in [0.4, 0.5) is 8.78 Å². The topological polar surface area (TPSA) is 38.8 Å². The number of methoxy groups -OCH3 is 2. The number of Topliss-reactive ketones (excluding diaryl/α,β-unsaturated/α-hetero) is 1. The van der Waals surface area contributed by atoms with Crippen molar-refractivity contribution in [2.45, 2.75) is 18.6 Å². The van der Waals surface area contributed by atoms with Crippen molar-refractivity contribution in [3.05, 3.63) is 35.4 Å². The van der Waals surface area contributed by atoms with Gasteiger partial charge < -0.3 is 9.47 Å². The molecule has 1 saturated heterocycles. The average Bonchev–Trinajstić information content (AvgIpc) is 2.90. The molecule has 1 aliphatic rings. The van der Waals surface area contributed by atoms with E-state index in [0.29, 0.717) is 19.6 Å². The molecule has 116 valence electrons. The number of nitrogens with zero attached hydrogens (tertiary/aromatic N) is 1. The van der Waals surface area contributed by atoms with Gasteiger partial charge in [0, 0.05) is 40.3 Å². The van der Waals surface area contributed by atoms with Crippen LogP contribution in [0, 0.1) is 11.6 Å². The van der Waals surface area contributed by atoms with E-state index in [1.165, 1.54) is 12.1 Å². The molecule has 1 heterocycles. The van der Waals surface area contributed by atoms with E-state index in [2.05, 4.69) is 0 Å². The first-order valence-corrected chi connectivity index (χ1v) is 6.82. The zero-order chi connectivity index (χ0) is 15.4. The molecule has 1 aromatic carbocycles. The first kappa shape index (κ1) is 16.0. The highest BCUT2D eigenvalue weighted by Gasteiger charge is 2.32. The van der Waals surface area contributed by atoms with Crippen molar-refractivity contribution >= 4 is 5.78 Å². The number of carbonyl (C=O) groups is 1. The molecule has 0 spiro atoms. The first-order valence-electron chi connectivity index (χ1n) is 6.82. The van der Waals surface area contributed by atoms with Crippen LogP contribution in [0.3, 0.4) is 0 Å². The summed E-state index contributed by atoms with van der Waals surface area (Å²) in [5, 5.41) is 0. The van der Waals surface area contributed by atoms with Crippen LogP contribution in [0.2, 0.25) is 0 Å². The van der Waals surface area contributed by atoms with E-state index in [4.69, 9.17) is 9.47 Å². The van der Waals surface area contributed by atoms with Gasteiger partial charge in [0.15, 0.2) is 17.4 Å². The second-order valence-electron chi connectivity index (χ2n) is 5.08. The standard InChI is InChI=1S/C15H19F2NO3/c1-20-13-8-18(9-14(13)21-2)7-6-12(19)10-4-3-5-11(16)15(10)17/h3-5,13-14H,6-9H2,1-2H3. The highest BCUT2D eigenvalue weighted by molar-refractivity contribution is 5.96. The second kappa shape index (κ2) is 7.06. The fraction of sp³-hybridized carbons (Fsp3) is 0.533. The maximum atomic E-state index is 13.5. The Labute approximate surface area is 122 Å². The molecule has 6 heteroatoms. The molecule has 0 aliphatic carbocycles. The fourth-order valence-corrected chi connectivity index (χ4v) is 2.57. The molecule has 4 nitrogen and oxygen atoms in total. The third-order valence-electron chi connectivity index (χ3n) is 3.80. The molecule has 0 N–H and O–H groups in total. The fourth-order valence-electron chi connectivity index (χ4n) is 2.57. The maximum Gasteiger partial charge on any atom is 0.169 e. The van der Waals surface area contributed by atoms with Crippen molar-refractivity contribution in [2.24, 2.45) is 0 Å². The molecule has 0 saturated carbocycles. The van der Waals surface area contributed by atoms with Crippen LogP contribution < -0.4 is 0 Å². The molecule has 0 aromatic heterocycles. The molecular weight excluding hydrogens is 280 g/mol. The van der Waals surface area contributed by atoms with Gasteiger partial charge in [-0.1, -0.05) is 6.07 Å². The van der Waals surface area contributed by atoms with Gasteiger partial charge in [0.25, 0.3) is 0 Å². The van der Waals surface area contributed by atoms with E-state index in [9.17, 15) is 13.6 Å². The smallest absolute Gasteiger partial charge is 0.169 e. The third kappa shape index (κ3) is 3.64. The molecule has 2 rings (SSSR count). The maximum absolute atomic E-state index is 13.5. The Hall–Kier alpha value is -1.37. The summed E-state index contributed by atoms with van der Waals surface area (Å²) >= 11 is 0. The van der Waals surface area contributed by atoms with Gasteiger partial charge in [-0.25, -0.2) is 8.78 Å². The number of carbonyl (C=O) groups excluding carboxylic acids is 1. The summed E-state index contributed by atoms with van der Waals surface area (Å²) in [6.45, 7) is 1.79. The molecule has 2 atom stereocenters. The molecule has 1 aliphatic heterocycles. The Morgan fingerprint density at radius 1 is 1.24 bits per heavy atom. The Balaban J connectivity index is 1.92. The summed E-state index contributed by atoms with van der Waals surface area (Å²) in [6, 6.07) is 3.64. The molecule has 21 heavy (non-hydrogen) atoms. The predicted molar refractivity (Wildman–Crippen MR) is 73.3 cm³/mol. The molecule has 0 amide bonds. The Morgan fingerprint density at radius 3 is 2.43 bits per heavy atom. The number of hydrogen-bond acceptors (Lipinski definition) is 4. The van der Waals surface area contributed by atoms with E-state index in [0.717, 1.165) is 6.07 Å². The van der Waals surface area contributed by atoms with Crippen molar-refractivity contribution in [1.29, 1.82) is 0 Å². The van der Waals surface area contributed by atoms with Crippen molar-refractivity contribution in [3.63, 3.8) is 0 Å². The van der Waals surface area contributed by atoms with Crippen molar-refractivity contribution in [2.75, 3.05) is 33.9 Å². The van der Waals surface area contributed by atoms with Crippen LogP contribution in [0.1, 0.15) is 16.8 Å². The van der Waals surface area contributed by atoms with Crippen LogP contribution in [0.5, 0.6) is 0 Å². The van der Waals surface area contributed by atoms with Crippen LogP contribution in [-0.2, 0) is 9.47 Å². The number of halogens is 2. The minimum absolute atomic E-state index is 0.0315. The first-order chi connectivity index (χ1) is 10.1. The van der Waals surface area contributed by atoms with E-state index in [1.54, 1.807) is 14.2 Å². The Bertz CT molecular complexity index is 498. The van der Waals surface area contributed by atoms with Crippen molar-refractivity contribution in [1.82, 2.24) is 4.90 Å². The van der Waals surface area contributed by atoms with Gasteiger partial charge in [-0.2, -0.15) is 0 Å². The lowest BCUT2D eigenvalue weighted by molar-refractivity contribution is -0.00461. The number of ketones is 1. The molecular formula is C15H19F2NO3. The second-order valence-corrected chi connectivity index (χ2v) is 5.08.